The highest BCUT2D eigenvalue weighted by Crippen LogP contribution is 2.34. The zero-order valence-corrected chi connectivity index (χ0v) is 11.7. The summed E-state index contributed by atoms with van der Waals surface area (Å²) in [7, 11) is 0. The molecule has 0 saturated heterocycles. The fourth-order valence-corrected chi connectivity index (χ4v) is 2.12. The molecule has 2 N–H and O–H groups in total. The molecule has 5 nitrogen and oxygen atoms in total. The van der Waals surface area contributed by atoms with E-state index in [1.165, 1.54) is 0 Å². The Labute approximate surface area is 122 Å². The monoisotopic (exact) mass is 284 g/mol. The molecule has 1 aliphatic heterocycles. The number of nitrogens with one attached hydrogen (secondary N) is 2. The largest absolute Gasteiger partial charge is 0.454 e. The van der Waals surface area contributed by atoms with Crippen LogP contribution in [0.5, 0.6) is 11.5 Å². The molecule has 2 aromatic carbocycles. The van der Waals surface area contributed by atoms with Gasteiger partial charge in [-0.05, 0) is 43.3 Å². The second-order valence-electron chi connectivity index (χ2n) is 4.63. The number of carbonyl (C=O) groups is 1. The van der Waals surface area contributed by atoms with Gasteiger partial charge < -0.3 is 20.1 Å². The van der Waals surface area contributed by atoms with E-state index in [1.54, 1.807) is 30.3 Å². The molecule has 0 radical (unpaired) electrons. The summed E-state index contributed by atoms with van der Waals surface area (Å²) in [5.41, 5.74) is 2.28. The first-order valence-corrected chi connectivity index (χ1v) is 6.81. The quantitative estimate of drug-likeness (QED) is 0.905. The lowest BCUT2D eigenvalue weighted by Gasteiger charge is -2.07. The molecule has 0 aliphatic carbocycles. The predicted molar refractivity (Wildman–Crippen MR) is 81.1 cm³/mol. The van der Waals surface area contributed by atoms with E-state index in [4.69, 9.17) is 9.47 Å². The lowest BCUT2D eigenvalue weighted by molar-refractivity contribution is 0.102. The van der Waals surface area contributed by atoms with Crippen LogP contribution in [0.25, 0.3) is 0 Å². The van der Waals surface area contributed by atoms with Crippen molar-refractivity contribution in [3.05, 3.63) is 48.0 Å². The van der Waals surface area contributed by atoms with Crippen molar-refractivity contribution in [1.82, 2.24) is 0 Å². The summed E-state index contributed by atoms with van der Waals surface area (Å²) < 4.78 is 10.5. The molecule has 5 heteroatoms. The van der Waals surface area contributed by atoms with Crippen molar-refractivity contribution in [1.29, 1.82) is 0 Å². The van der Waals surface area contributed by atoms with Crippen LogP contribution in [0.2, 0.25) is 0 Å². The molecule has 21 heavy (non-hydrogen) atoms. The van der Waals surface area contributed by atoms with Gasteiger partial charge in [0.25, 0.3) is 5.91 Å². The maximum Gasteiger partial charge on any atom is 0.255 e. The van der Waals surface area contributed by atoms with Gasteiger partial charge in [-0.1, -0.05) is 0 Å². The van der Waals surface area contributed by atoms with E-state index in [1.807, 2.05) is 19.1 Å². The van der Waals surface area contributed by atoms with Gasteiger partial charge in [-0.2, -0.15) is 0 Å². The lowest BCUT2D eigenvalue weighted by Crippen LogP contribution is -2.11. The van der Waals surface area contributed by atoms with Gasteiger partial charge in [0.15, 0.2) is 11.5 Å². The van der Waals surface area contributed by atoms with Gasteiger partial charge in [0.05, 0.1) is 0 Å². The van der Waals surface area contributed by atoms with E-state index in [-0.39, 0.29) is 12.7 Å². The summed E-state index contributed by atoms with van der Waals surface area (Å²) in [6.07, 6.45) is 0. The maximum absolute atomic E-state index is 12.2. The number of carbonyl (C=O) groups excluding carboxylic acids is 1. The van der Waals surface area contributed by atoms with Crippen LogP contribution in [-0.4, -0.2) is 19.2 Å². The molecule has 0 fully saturated rings. The van der Waals surface area contributed by atoms with Gasteiger partial charge in [-0.3, -0.25) is 4.79 Å². The molecule has 3 rings (SSSR count). The summed E-state index contributed by atoms with van der Waals surface area (Å²) in [6, 6.07) is 12.7. The Balaban J connectivity index is 1.71. The van der Waals surface area contributed by atoms with Crippen LogP contribution in [0.1, 0.15) is 17.3 Å². The minimum absolute atomic E-state index is 0.156. The van der Waals surface area contributed by atoms with Gasteiger partial charge in [0.1, 0.15) is 0 Å². The van der Waals surface area contributed by atoms with E-state index in [9.17, 15) is 4.79 Å². The zero-order chi connectivity index (χ0) is 14.7. The maximum atomic E-state index is 12.2. The second kappa shape index (κ2) is 5.75. The third kappa shape index (κ3) is 2.91. The molecular formula is C16H16N2O3. The first-order chi connectivity index (χ1) is 10.3. The molecule has 1 amide bonds. The SMILES string of the molecule is CCNc1ccc(C(=O)Nc2ccc3c(c2)OCO3)cc1. The predicted octanol–water partition coefficient (Wildman–Crippen LogP) is 3.10. The molecule has 0 spiro atoms. The first kappa shape index (κ1) is 13.3. The smallest absolute Gasteiger partial charge is 0.255 e. The number of hydrogen-bond donors (Lipinski definition) is 2. The van der Waals surface area contributed by atoms with Gasteiger partial charge >= 0.3 is 0 Å². The van der Waals surface area contributed by atoms with Crippen molar-refractivity contribution in [3.8, 4) is 11.5 Å². The number of fused-ring (bicyclic) bond motifs is 1. The number of hydrogen-bond acceptors (Lipinski definition) is 4. The van der Waals surface area contributed by atoms with Crippen molar-refractivity contribution < 1.29 is 14.3 Å². The Kier molecular flexibility index (Phi) is 3.64. The highest BCUT2D eigenvalue weighted by atomic mass is 16.7. The number of ether oxygens (including phenoxy) is 2. The van der Waals surface area contributed by atoms with Crippen molar-refractivity contribution in [3.63, 3.8) is 0 Å². The number of rotatable bonds is 4. The zero-order valence-electron chi connectivity index (χ0n) is 11.7. The van der Waals surface area contributed by atoms with Crippen LogP contribution >= 0.6 is 0 Å². The van der Waals surface area contributed by atoms with E-state index in [0.29, 0.717) is 22.7 Å². The molecule has 0 saturated carbocycles. The fourth-order valence-electron chi connectivity index (χ4n) is 2.12. The third-order valence-electron chi connectivity index (χ3n) is 3.16. The normalized spacial score (nSPS) is 12.0. The fraction of sp³-hybridized carbons (Fsp3) is 0.188. The molecule has 1 aliphatic rings. The molecular weight excluding hydrogens is 268 g/mol. The van der Waals surface area contributed by atoms with Crippen LogP contribution in [0, 0.1) is 0 Å². The highest BCUT2D eigenvalue weighted by molar-refractivity contribution is 6.04. The Bertz CT molecular complexity index is 653. The molecule has 108 valence electrons. The van der Waals surface area contributed by atoms with Crippen molar-refractivity contribution >= 4 is 17.3 Å². The van der Waals surface area contributed by atoms with Crippen LogP contribution in [0.4, 0.5) is 11.4 Å². The molecule has 0 aromatic heterocycles. The molecule has 0 unspecified atom stereocenters. The van der Waals surface area contributed by atoms with Crippen molar-refractivity contribution in [2.45, 2.75) is 6.92 Å². The second-order valence-corrected chi connectivity index (χ2v) is 4.63. The highest BCUT2D eigenvalue weighted by Gasteiger charge is 2.14. The van der Waals surface area contributed by atoms with Crippen molar-refractivity contribution in [2.24, 2.45) is 0 Å². The summed E-state index contributed by atoms with van der Waals surface area (Å²) in [4.78, 5) is 12.2. The summed E-state index contributed by atoms with van der Waals surface area (Å²) in [5.74, 6) is 1.19. The molecule has 1 heterocycles. The number of anilines is 2. The van der Waals surface area contributed by atoms with Crippen LogP contribution in [-0.2, 0) is 0 Å². The standard InChI is InChI=1S/C16H16N2O3/c1-2-17-12-5-3-11(4-6-12)16(19)18-13-7-8-14-15(9-13)21-10-20-14/h3-9,17H,2,10H2,1H3,(H,18,19). The molecule has 0 bridgehead atoms. The number of benzene rings is 2. The average molecular weight is 284 g/mol. The summed E-state index contributed by atoms with van der Waals surface area (Å²) >= 11 is 0. The van der Waals surface area contributed by atoms with Gasteiger partial charge in [-0.25, -0.2) is 0 Å². The molecule has 0 atom stereocenters. The summed E-state index contributed by atoms with van der Waals surface area (Å²) in [6.45, 7) is 3.10. The van der Waals surface area contributed by atoms with Gasteiger partial charge in [0, 0.05) is 29.5 Å². The Morgan fingerprint density at radius 2 is 1.76 bits per heavy atom. The summed E-state index contributed by atoms with van der Waals surface area (Å²) in [5, 5.41) is 6.03. The minimum Gasteiger partial charge on any atom is -0.454 e. The lowest BCUT2D eigenvalue weighted by atomic mass is 10.2. The van der Waals surface area contributed by atoms with Gasteiger partial charge in [0.2, 0.25) is 6.79 Å². The Morgan fingerprint density at radius 3 is 2.52 bits per heavy atom. The first-order valence-electron chi connectivity index (χ1n) is 6.81. The van der Waals surface area contributed by atoms with E-state index < -0.39 is 0 Å². The Morgan fingerprint density at radius 1 is 1.05 bits per heavy atom. The van der Waals surface area contributed by atoms with Crippen LogP contribution in [0.3, 0.4) is 0 Å². The molecule has 2 aromatic rings. The van der Waals surface area contributed by atoms with E-state index in [0.717, 1.165) is 12.2 Å². The van der Waals surface area contributed by atoms with Gasteiger partial charge in [-0.15, -0.1) is 0 Å². The van der Waals surface area contributed by atoms with Crippen molar-refractivity contribution in [2.75, 3.05) is 24.0 Å². The van der Waals surface area contributed by atoms with Crippen LogP contribution < -0.4 is 20.1 Å². The number of amides is 1. The van der Waals surface area contributed by atoms with E-state index >= 15 is 0 Å². The third-order valence-corrected chi connectivity index (χ3v) is 3.16. The average Bonchev–Trinajstić information content (AvgIpc) is 2.96. The van der Waals surface area contributed by atoms with Crippen LogP contribution in [0.15, 0.2) is 42.5 Å². The topological polar surface area (TPSA) is 59.6 Å². The van der Waals surface area contributed by atoms with E-state index in [2.05, 4.69) is 10.6 Å². The minimum atomic E-state index is -0.156. The Hall–Kier alpha value is -2.69.